The molecular formula is C14H8ClFINO2. The molecule has 0 fully saturated rings. The number of halogens is 3. The Labute approximate surface area is 132 Å². The van der Waals surface area contributed by atoms with Crippen molar-refractivity contribution in [3.05, 3.63) is 66.9 Å². The summed E-state index contributed by atoms with van der Waals surface area (Å²) in [5.74, 6) is -1.03. The molecule has 0 saturated carbocycles. The van der Waals surface area contributed by atoms with E-state index >= 15 is 0 Å². The van der Waals surface area contributed by atoms with Gasteiger partial charge < -0.3 is 4.42 Å². The summed E-state index contributed by atoms with van der Waals surface area (Å²) in [6.45, 7) is 0.0822. The average molecular weight is 404 g/mol. The van der Waals surface area contributed by atoms with Gasteiger partial charge in [0.05, 0.1) is 17.1 Å². The Morgan fingerprint density at radius 2 is 2.10 bits per heavy atom. The number of hydrogen-bond donors (Lipinski definition) is 0. The maximum Gasteiger partial charge on any atom is 0.420 e. The molecule has 0 spiro atoms. The van der Waals surface area contributed by atoms with Crippen molar-refractivity contribution >= 4 is 45.3 Å². The molecular weight excluding hydrogens is 396 g/mol. The lowest BCUT2D eigenvalue weighted by molar-refractivity contribution is 0.512. The largest absolute Gasteiger partial charge is 0.420 e. The molecule has 0 aliphatic carbocycles. The molecule has 20 heavy (non-hydrogen) atoms. The highest BCUT2D eigenvalue weighted by atomic mass is 127. The summed E-state index contributed by atoms with van der Waals surface area (Å²) in [4.78, 5) is 11.9. The zero-order valence-corrected chi connectivity index (χ0v) is 13.0. The Hall–Kier alpha value is -1.34. The van der Waals surface area contributed by atoms with Crippen molar-refractivity contribution in [3.63, 3.8) is 0 Å². The highest BCUT2D eigenvalue weighted by Crippen LogP contribution is 2.21. The van der Waals surface area contributed by atoms with Crippen LogP contribution in [-0.2, 0) is 6.54 Å². The minimum absolute atomic E-state index is 0.0397. The molecule has 6 heteroatoms. The van der Waals surface area contributed by atoms with Crippen LogP contribution in [0, 0.1) is 9.39 Å². The molecule has 1 heterocycles. The van der Waals surface area contributed by atoms with Crippen LogP contribution in [0.5, 0.6) is 0 Å². The normalized spacial score (nSPS) is 11.2. The van der Waals surface area contributed by atoms with Crippen molar-refractivity contribution < 1.29 is 8.81 Å². The molecule has 0 amide bonds. The molecule has 3 nitrogen and oxygen atoms in total. The Morgan fingerprint density at radius 1 is 1.30 bits per heavy atom. The second-order valence-corrected chi connectivity index (χ2v) is 5.93. The molecule has 0 aliphatic rings. The van der Waals surface area contributed by atoms with Gasteiger partial charge in [0, 0.05) is 9.13 Å². The molecule has 102 valence electrons. The predicted molar refractivity (Wildman–Crippen MR) is 83.7 cm³/mol. The standard InChI is InChI=1S/C14H8ClFINO2/c15-10-3-1-2-8(13(10)16)7-18-11-5-4-9(17)6-12(11)20-14(18)19/h1-6H,7H2. The Bertz CT molecular complexity index is 856. The van der Waals surface area contributed by atoms with E-state index < -0.39 is 11.6 Å². The van der Waals surface area contributed by atoms with E-state index in [9.17, 15) is 9.18 Å². The van der Waals surface area contributed by atoms with Crippen molar-refractivity contribution in [1.29, 1.82) is 0 Å². The summed E-state index contributed by atoms with van der Waals surface area (Å²) >= 11 is 7.88. The molecule has 0 radical (unpaired) electrons. The first-order valence-corrected chi connectivity index (χ1v) is 7.24. The van der Waals surface area contributed by atoms with Crippen LogP contribution < -0.4 is 5.76 Å². The lowest BCUT2D eigenvalue weighted by Gasteiger charge is -2.05. The predicted octanol–water partition coefficient (Wildman–Crippen LogP) is 4.04. The summed E-state index contributed by atoms with van der Waals surface area (Å²) < 4.78 is 21.4. The second kappa shape index (κ2) is 5.21. The molecule has 0 aliphatic heterocycles. The van der Waals surface area contributed by atoms with Crippen molar-refractivity contribution in [1.82, 2.24) is 4.57 Å². The molecule has 0 unspecified atom stereocenters. The van der Waals surface area contributed by atoms with Crippen molar-refractivity contribution in [2.75, 3.05) is 0 Å². The summed E-state index contributed by atoms with van der Waals surface area (Å²) in [6.07, 6.45) is 0. The number of nitrogens with zero attached hydrogens (tertiary/aromatic N) is 1. The van der Waals surface area contributed by atoms with Gasteiger partial charge in [0.1, 0.15) is 5.82 Å². The van der Waals surface area contributed by atoms with Crippen LogP contribution in [0.4, 0.5) is 4.39 Å². The van der Waals surface area contributed by atoms with E-state index in [2.05, 4.69) is 22.6 Å². The van der Waals surface area contributed by atoms with Crippen molar-refractivity contribution in [2.45, 2.75) is 6.54 Å². The van der Waals surface area contributed by atoms with Gasteiger partial charge in [0.15, 0.2) is 5.58 Å². The quantitative estimate of drug-likeness (QED) is 0.606. The summed E-state index contributed by atoms with van der Waals surface area (Å²) in [5.41, 5.74) is 1.47. The van der Waals surface area contributed by atoms with Gasteiger partial charge >= 0.3 is 5.76 Å². The van der Waals surface area contributed by atoms with Gasteiger partial charge in [-0.1, -0.05) is 23.7 Å². The van der Waals surface area contributed by atoms with E-state index in [1.165, 1.54) is 10.6 Å². The molecule has 0 N–H and O–H groups in total. The van der Waals surface area contributed by atoms with Crippen LogP contribution in [0.15, 0.2) is 45.6 Å². The summed E-state index contributed by atoms with van der Waals surface area (Å²) in [7, 11) is 0. The first-order valence-electron chi connectivity index (χ1n) is 5.78. The van der Waals surface area contributed by atoms with Crippen LogP contribution in [0.25, 0.3) is 11.1 Å². The maximum atomic E-state index is 13.9. The van der Waals surface area contributed by atoms with Crippen molar-refractivity contribution in [2.24, 2.45) is 0 Å². The third-order valence-corrected chi connectivity index (χ3v) is 3.95. The topological polar surface area (TPSA) is 35.1 Å². The SMILES string of the molecule is O=c1oc2cc(I)ccc2n1Cc1cccc(Cl)c1F. The lowest BCUT2D eigenvalue weighted by atomic mass is 10.2. The lowest BCUT2D eigenvalue weighted by Crippen LogP contribution is -2.15. The van der Waals surface area contributed by atoms with Crippen molar-refractivity contribution in [3.8, 4) is 0 Å². The van der Waals surface area contributed by atoms with Crippen LogP contribution in [-0.4, -0.2) is 4.57 Å². The Kier molecular flexibility index (Phi) is 3.55. The van der Waals surface area contributed by atoms with Gasteiger partial charge in [-0.25, -0.2) is 9.18 Å². The number of aromatic nitrogens is 1. The number of hydrogen-bond acceptors (Lipinski definition) is 2. The minimum Gasteiger partial charge on any atom is -0.408 e. The van der Waals surface area contributed by atoms with E-state index in [-0.39, 0.29) is 11.6 Å². The van der Waals surface area contributed by atoms with E-state index in [4.69, 9.17) is 16.0 Å². The van der Waals surface area contributed by atoms with Gasteiger partial charge in [0.2, 0.25) is 0 Å². The van der Waals surface area contributed by atoms with Crippen LogP contribution in [0.1, 0.15) is 5.56 Å². The van der Waals surface area contributed by atoms with E-state index in [0.717, 1.165) is 3.57 Å². The highest BCUT2D eigenvalue weighted by molar-refractivity contribution is 14.1. The van der Waals surface area contributed by atoms with Gasteiger partial charge in [-0.3, -0.25) is 4.57 Å². The Morgan fingerprint density at radius 3 is 2.90 bits per heavy atom. The maximum absolute atomic E-state index is 13.9. The van der Waals surface area contributed by atoms with Gasteiger partial charge in [-0.05, 0) is 46.9 Å². The fraction of sp³-hybridized carbons (Fsp3) is 0.0714. The summed E-state index contributed by atoms with van der Waals surface area (Å²) in [6, 6.07) is 10.1. The van der Waals surface area contributed by atoms with E-state index in [1.54, 1.807) is 24.3 Å². The average Bonchev–Trinajstić information content (AvgIpc) is 2.70. The third-order valence-electron chi connectivity index (χ3n) is 2.99. The van der Waals surface area contributed by atoms with Crippen LogP contribution in [0.3, 0.4) is 0 Å². The smallest absolute Gasteiger partial charge is 0.408 e. The zero-order chi connectivity index (χ0) is 14.3. The molecule has 2 aromatic carbocycles. The number of rotatable bonds is 2. The monoisotopic (exact) mass is 403 g/mol. The highest BCUT2D eigenvalue weighted by Gasteiger charge is 2.13. The first kappa shape index (κ1) is 13.6. The molecule has 3 aromatic rings. The third kappa shape index (κ3) is 2.35. The van der Waals surface area contributed by atoms with Gasteiger partial charge in [0.25, 0.3) is 0 Å². The van der Waals surface area contributed by atoms with Gasteiger partial charge in [-0.15, -0.1) is 0 Å². The molecule has 0 bridgehead atoms. The fourth-order valence-electron chi connectivity index (χ4n) is 2.03. The van der Waals surface area contributed by atoms with Gasteiger partial charge in [-0.2, -0.15) is 0 Å². The minimum atomic E-state index is -0.513. The molecule has 0 atom stereocenters. The molecule has 1 aromatic heterocycles. The fourth-order valence-corrected chi connectivity index (χ4v) is 2.69. The van der Waals surface area contributed by atoms with Crippen LogP contribution in [0.2, 0.25) is 5.02 Å². The van der Waals surface area contributed by atoms with E-state index in [1.807, 2.05) is 6.07 Å². The zero-order valence-electron chi connectivity index (χ0n) is 10.1. The summed E-state index contributed by atoms with van der Waals surface area (Å²) in [5, 5.41) is 0.0397. The van der Waals surface area contributed by atoms with Crippen LogP contribution >= 0.6 is 34.2 Å². The Balaban J connectivity index is 2.13. The molecule has 3 rings (SSSR count). The number of oxazole rings is 1. The number of fused-ring (bicyclic) bond motifs is 1. The second-order valence-electron chi connectivity index (χ2n) is 4.28. The number of benzene rings is 2. The molecule has 0 saturated heterocycles. The van der Waals surface area contributed by atoms with E-state index in [0.29, 0.717) is 16.7 Å². The first-order chi connectivity index (χ1) is 9.56.